The van der Waals surface area contributed by atoms with Crippen molar-refractivity contribution in [2.75, 3.05) is 27.2 Å². The average molecular weight is 492 g/mol. The topological polar surface area (TPSA) is 62.6 Å². The van der Waals surface area contributed by atoms with Gasteiger partial charge in [-0.2, -0.15) is 0 Å². The number of nitrogens with zero attached hydrogens (tertiary/aromatic N) is 3. The second kappa shape index (κ2) is 10.2. The van der Waals surface area contributed by atoms with E-state index in [-0.39, 0.29) is 17.8 Å². The van der Waals surface area contributed by atoms with Crippen LogP contribution < -0.4 is 0 Å². The number of piperidine rings is 1. The minimum Gasteiger partial charge on any atom is -0.344 e. The van der Waals surface area contributed by atoms with Gasteiger partial charge < -0.3 is 14.4 Å². The van der Waals surface area contributed by atoms with Gasteiger partial charge in [0.05, 0.1) is 5.56 Å². The first-order valence-corrected chi connectivity index (χ1v) is 12.5. The van der Waals surface area contributed by atoms with Crippen LogP contribution in [0.3, 0.4) is 0 Å². The van der Waals surface area contributed by atoms with Crippen molar-refractivity contribution in [1.29, 1.82) is 0 Å². The quantitative estimate of drug-likeness (QED) is 0.359. The average Bonchev–Trinajstić information content (AvgIpc) is 3.22. The lowest BCUT2D eigenvalue weighted by Crippen LogP contribution is -2.39. The lowest BCUT2D eigenvalue weighted by Gasteiger charge is -2.32. The molecule has 0 saturated carbocycles. The van der Waals surface area contributed by atoms with Gasteiger partial charge >= 0.3 is 0 Å². The normalized spacial score (nSPS) is 14.5. The molecule has 6 nitrogen and oxygen atoms in total. The Hall–Kier alpha value is -3.48. The summed E-state index contributed by atoms with van der Waals surface area (Å²) in [4.78, 5) is 42.1. The van der Waals surface area contributed by atoms with Crippen LogP contribution >= 0.6 is 0 Å². The lowest BCUT2D eigenvalue weighted by atomic mass is 9.89. The number of hydrogen-bond acceptors (Lipinski definition) is 3. The van der Waals surface area contributed by atoms with E-state index in [1.54, 1.807) is 26.4 Å². The number of likely N-dealkylation sites (N-methyl/N-ethyl adjacent to an activating group) is 1. The third kappa shape index (κ3) is 5.06. The highest BCUT2D eigenvalue weighted by Gasteiger charge is 2.28. The Morgan fingerprint density at radius 3 is 2.25 bits per heavy atom. The van der Waals surface area contributed by atoms with Crippen molar-refractivity contribution in [1.82, 2.24) is 14.4 Å². The Kier molecular flexibility index (Phi) is 7.29. The molecule has 190 valence electrons. The van der Waals surface area contributed by atoms with E-state index in [9.17, 15) is 18.8 Å². The minimum atomic E-state index is -0.588. The number of amides is 2. The largest absolute Gasteiger partial charge is 0.344 e. The molecule has 7 heteroatoms. The SMILES string of the molecule is Cc1cc2c(cc1C(=O)N1CCC(Cc3ccc(F)cc3)CC1)c(C(=O)C(=O)N(C)C)cn2C(C)C. The Labute approximate surface area is 211 Å². The summed E-state index contributed by atoms with van der Waals surface area (Å²) in [5, 5.41) is 0.629. The fraction of sp³-hybridized carbons (Fsp3) is 0.414. The van der Waals surface area contributed by atoms with Crippen LogP contribution in [-0.2, 0) is 11.2 Å². The van der Waals surface area contributed by atoms with Crippen LogP contribution in [-0.4, -0.2) is 59.1 Å². The molecule has 36 heavy (non-hydrogen) atoms. The number of Topliss-reactive ketones (excluding diaryl/α,β-unsaturated/α-hetero) is 1. The van der Waals surface area contributed by atoms with Gasteiger partial charge in [0, 0.05) is 55.9 Å². The molecular weight excluding hydrogens is 457 g/mol. The number of fused-ring (bicyclic) bond motifs is 1. The highest BCUT2D eigenvalue weighted by molar-refractivity contribution is 6.44. The summed E-state index contributed by atoms with van der Waals surface area (Å²) in [5.74, 6) is -0.998. The molecule has 0 atom stereocenters. The van der Waals surface area contributed by atoms with E-state index in [2.05, 4.69) is 0 Å². The maximum absolute atomic E-state index is 13.5. The fourth-order valence-corrected chi connectivity index (χ4v) is 5.02. The predicted octanol–water partition coefficient (Wildman–Crippen LogP) is 5.04. The Bertz CT molecular complexity index is 1300. The van der Waals surface area contributed by atoms with Crippen molar-refractivity contribution in [3.05, 3.63) is 70.7 Å². The van der Waals surface area contributed by atoms with Gasteiger partial charge in [0.1, 0.15) is 5.82 Å². The van der Waals surface area contributed by atoms with Crippen LogP contribution in [0.1, 0.15) is 64.6 Å². The zero-order valence-electron chi connectivity index (χ0n) is 21.7. The van der Waals surface area contributed by atoms with Gasteiger partial charge in [-0.25, -0.2) is 4.39 Å². The molecule has 1 aliphatic rings. The number of carbonyl (C=O) groups excluding carboxylic acids is 3. The van der Waals surface area contributed by atoms with Gasteiger partial charge in [-0.05, 0) is 81.3 Å². The molecule has 1 fully saturated rings. The molecular formula is C29H34FN3O3. The molecule has 1 aromatic heterocycles. The van der Waals surface area contributed by atoms with Gasteiger partial charge in [-0.3, -0.25) is 14.4 Å². The molecule has 1 saturated heterocycles. The standard InChI is InChI=1S/C29H34FN3O3/c1-18(2)33-17-25(27(34)29(36)31(4)5)24-16-23(19(3)14-26(24)33)28(35)32-12-10-21(11-13-32)15-20-6-8-22(30)9-7-20/h6-9,14,16-18,21H,10-13,15H2,1-5H3. The van der Waals surface area contributed by atoms with Crippen LogP contribution in [0.25, 0.3) is 10.9 Å². The molecule has 3 aromatic rings. The summed E-state index contributed by atoms with van der Waals surface area (Å²) >= 11 is 0. The Morgan fingerprint density at radius 1 is 1.03 bits per heavy atom. The minimum absolute atomic E-state index is 0.0516. The van der Waals surface area contributed by atoms with Gasteiger partial charge in [0.25, 0.3) is 17.6 Å². The van der Waals surface area contributed by atoms with Crippen molar-refractivity contribution < 1.29 is 18.8 Å². The number of halogens is 1. The maximum atomic E-state index is 13.5. The van der Waals surface area contributed by atoms with Crippen molar-refractivity contribution in [3.8, 4) is 0 Å². The number of rotatable bonds is 6. The Morgan fingerprint density at radius 2 is 1.67 bits per heavy atom. The molecule has 4 rings (SSSR count). The number of benzene rings is 2. The third-order valence-corrected chi connectivity index (χ3v) is 7.15. The first-order valence-electron chi connectivity index (χ1n) is 12.5. The summed E-state index contributed by atoms with van der Waals surface area (Å²) in [7, 11) is 3.11. The number of ketones is 1. The van der Waals surface area contributed by atoms with Gasteiger partial charge in [-0.15, -0.1) is 0 Å². The number of carbonyl (C=O) groups is 3. The molecule has 2 aromatic carbocycles. The van der Waals surface area contributed by atoms with Crippen molar-refractivity contribution in [3.63, 3.8) is 0 Å². The smallest absolute Gasteiger partial charge is 0.294 e. The van der Waals surface area contributed by atoms with E-state index >= 15 is 0 Å². The van der Waals surface area contributed by atoms with Crippen LogP contribution in [0.15, 0.2) is 42.6 Å². The van der Waals surface area contributed by atoms with E-state index in [0.29, 0.717) is 35.5 Å². The second-order valence-electron chi connectivity index (χ2n) is 10.3. The Balaban J connectivity index is 1.58. The molecule has 2 heterocycles. The molecule has 2 amide bonds. The summed E-state index contributed by atoms with van der Waals surface area (Å²) < 4.78 is 15.2. The van der Waals surface area contributed by atoms with Gasteiger partial charge in [-0.1, -0.05) is 12.1 Å². The molecule has 0 bridgehead atoms. The first kappa shape index (κ1) is 25.6. The number of hydrogen-bond donors (Lipinski definition) is 0. The molecule has 0 spiro atoms. The van der Waals surface area contributed by atoms with Crippen LogP contribution in [0.2, 0.25) is 0 Å². The van der Waals surface area contributed by atoms with Crippen LogP contribution in [0, 0.1) is 18.7 Å². The summed E-state index contributed by atoms with van der Waals surface area (Å²) in [6.07, 6.45) is 4.37. The summed E-state index contributed by atoms with van der Waals surface area (Å²) in [6.45, 7) is 7.26. The molecule has 1 aliphatic heterocycles. The number of likely N-dealkylation sites (tertiary alicyclic amines) is 1. The number of aryl methyl sites for hydroxylation is 1. The van der Waals surface area contributed by atoms with Crippen molar-refractivity contribution >= 4 is 28.5 Å². The maximum Gasteiger partial charge on any atom is 0.294 e. The number of aromatic nitrogens is 1. The van der Waals surface area contributed by atoms with E-state index in [0.717, 1.165) is 35.9 Å². The second-order valence-corrected chi connectivity index (χ2v) is 10.3. The zero-order valence-corrected chi connectivity index (χ0v) is 21.7. The monoisotopic (exact) mass is 491 g/mol. The van der Waals surface area contributed by atoms with Crippen molar-refractivity contribution in [2.24, 2.45) is 5.92 Å². The van der Waals surface area contributed by atoms with Crippen LogP contribution in [0.5, 0.6) is 0 Å². The van der Waals surface area contributed by atoms with Gasteiger partial charge in [0.2, 0.25) is 0 Å². The highest BCUT2D eigenvalue weighted by atomic mass is 19.1. The van der Waals surface area contributed by atoms with E-state index < -0.39 is 11.7 Å². The lowest BCUT2D eigenvalue weighted by molar-refractivity contribution is -0.124. The molecule has 0 radical (unpaired) electrons. The van der Waals surface area contributed by atoms with Crippen LogP contribution in [0.4, 0.5) is 4.39 Å². The molecule has 0 unspecified atom stereocenters. The molecule has 0 aliphatic carbocycles. The third-order valence-electron chi connectivity index (χ3n) is 7.15. The van der Waals surface area contributed by atoms with E-state index in [4.69, 9.17) is 0 Å². The predicted molar refractivity (Wildman–Crippen MR) is 139 cm³/mol. The van der Waals surface area contributed by atoms with E-state index in [1.165, 1.54) is 17.0 Å². The summed E-state index contributed by atoms with van der Waals surface area (Å²) in [5.41, 5.74) is 3.68. The van der Waals surface area contributed by atoms with E-state index in [1.807, 2.05) is 48.4 Å². The molecule has 0 N–H and O–H groups in total. The highest BCUT2D eigenvalue weighted by Crippen LogP contribution is 2.30. The fourth-order valence-electron chi connectivity index (χ4n) is 5.02. The summed E-state index contributed by atoms with van der Waals surface area (Å²) in [6, 6.07) is 10.5. The first-order chi connectivity index (χ1) is 17.1. The van der Waals surface area contributed by atoms with Crippen molar-refractivity contribution in [2.45, 2.75) is 46.1 Å². The van der Waals surface area contributed by atoms with Gasteiger partial charge in [0.15, 0.2) is 0 Å². The zero-order chi connectivity index (χ0) is 26.1.